The van der Waals surface area contributed by atoms with Crippen LogP contribution in [0.4, 0.5) is 5.82 Å². The van der Waals surface area contributed by atoms with Crippen molar-refractivity contribution >= 4 is 33.2 Å². The molecular formula is C20H19BrN4O. The number of likely N-dealkylation sites (tertiary alicyclic amines) is 1. The Morgan fingerprint density at radius 3 is 2.58 bits per heavy atom. The Balaban J connectivity index is 1.28. The van der Waals surface area contributed by atoms with Crippen LogP contribution < -0.4 is 4.90 Å². The summed E-state index contributed by atoms with van der Waals surface area (Å²) < 4.78 is 3.00. The molecule has 2 atom stereocenters. The van der Waals surface area contributed by atoms with E-state index in [4.69, 9.17) is 0 Å². The number of nitrogens with zero attached hydrogens (tertiary/aromatic N) is 4. The number of amides is 1. The van der Waals surface area contributed by atoms with E-state index in [2.05, 4.69) is 31.9 Å². The quantitative estimate of drug-likeness (QED) is 0.650. The lowest BCUT2D eigenvalue weighted by Gasteiger charge is -2.22. The summed E-state index contributed by atoms with van der Waals surface area (Å²) in [7, 11) is 0. The molecule has 0 bridgehead atoms. The topological polar surface area (TPSA) is 40.9 Å². The molecule has 3 aromatic rings. The maximum absolute atomic E-state index is 12.9. The number of hydrogen-bond acceptors (Lipinski definition) is 3. The monoisotopic (exact) mass is 410 g/mol. The highest BCUT2D eigenvalue weighted by Crippen LogP contribution is 2.34. The van der Waals surface area contributed by atoms with E-state index in [9.17, 15) is 4.79 Å². The molecule has 26 heavy (non-hydrogen) atoms. The van der Waals surface area contributed by atoms with Crippen molar-refractivity contribution < 1.29 is 4.79 Å². The molecule has 2 unspecified atom stereocenters. The number of carbonyl (C=O) groups excluding carboxylic acids is 1. The first-order chi connectivity index (χ1) is 12.7. The summed E-state index contributed by atoms with van der Waals surface area (Å²) in [6, 6.07) is 12.1. The van der Waals surface area contributed by atoms with Crippen LogP contribution in [0.3, 0.4) is 0 Å². The molecule has 0 N–H and O–H groups in total. The maximum atomic E-state index is 12.9. The molecule has 5 nitrogen and oxygen atoms in total. The van der Waals surface area contributed by atoms with Crippen LogP contribution in [-0.2, 0) is 0 Å². The molecular weight excluding hydrogens is 392 g/mol. The molecule has 5 rings (SSSR count). The van der Waals surface area contributed by atoms with Crippen molar-refractivity contribution in [3.8, 4) is 0 Å². The Labute approximate surface area is 160 Å². The largest absolute Gasteiger partial charge is 0.356 e. The van der Waals surface area contributed by atoms with Crippen molar-refractivity contribution in [1.29, 1.82) is 0 Å². The molecule has 0 aliphatic carbocycles. The van der Waals surface area contributed by atoms with Gasteiger partial charge in [-0.1, -0.05) is 6.07 Å². The van der Waals surface area contributed by atoms with E-state index in [1.54, 1.807) is 0 Å². The van der Waals surface area contributed by atoms with Crippen molar-refractivity contribution in [2.45, 2.75) is 0 Å². The first kappa shape index (κ1) is 15.9. The summed E-state index contributed by atoms with van der Waals surface area (Å²) in [5.41, 5.74) is 1.84. The van der Waals surface area contributed by atoms with Gasteiger partial charge in [0.15, 0.2) is 0 Å². The average Bonchev–Trinajstić information content (AvgIpc) is 3.34. The van der Waals surface area contributed by atoms with Crippen molar-refractivity contribution in [1.82, 2.24) is 14.3 Å². The molecule has 1 amide bonds. The van der Waals surface area contributed by atoms with Gasteiger partial charge in [-0.15, -0.1) is 0 Å². The molecule has 2 fully saturated rings. The zero-order chi connectivity index (χ0) is 17.7. The summed E-state index contributed by atoms with van der Waals surface area (Å²) in [6.45, 7) is 3.62. The minimum atomic E-state index is 0.149. The number of anilines is 1. The summed E-state index contributed by atoms with van der Waals surface area (Å²) in [6.07, 6.45) is 5.76. The number of hydrogen-bond donors (Lipinski definition) is 0. The minimum absolute atomic E-state index is 0.149. The van der Waals surface area contributed by atoms with Crippen LogP contribution in [0.2, 0.25) is 0 Å². The first-order valence-corrected chi connectivity index (χ1v) is 9.69. The zero-order valence-electron chi connectivity index (χ0n) is 14.3. The van der Waals surface area contributed by atoms with Crippen LogP contribution in [0.15, 0.2) is 59.5 Å². The molecule has 0 aromatic carbocycles. The average molecular weight is 411 g/mol. The Hall–Kier alpha value is -2.34. The highest BCUT2D eigenvalue weighted by atomic mass is 79.9. The van der Waals surface area contributed by atoms with Gasteiger partial charge in [-0.3, -0.25) is 4.79 Å². The van der Waals surface area contributed by atoms with Crippen LogP contribution in [0.1, 0.15) is 10.4 Å². The first-order valence-electron chi connectivity index (χ1n) is 8.90. The molecule has 2 saturated heterocycles. The molecule has 0 radical (unpaired) electrons. The fourth-order valence-electron chi connectivity index (χ4n) is 4.26. The van der Waals surface area contributed by atoms with E-state index in [-0.39, 0.29) is 5.91 Å². The smallest absolute Gasteiger partial charge is 0.255 e. The van der Waals surface area contributed by atoms with Crippen molar-refractivity contribution in [3.63, 3.8) is 0 Å². The van der Waals surface area contributed by atoms with Crippen LogP contribution in [0.25, 0.3) is 5.52 Å². The van der Waals surface area contributed by atoms with Crippen LogP contribution >= 0.6 is 15.9 Å². The van der Waals surface area contributed by atoms with Gasteiger partial charge in [0.2, 0.25) is 0 Å². The molecule has 6 heteroatoms. The Morgan fingerprint density at radius 2 is 1.88 bits per heavy atom. The van der Waals surface area contributed by atoms with E-state index in [1.165, 1.54) is 0 Å². The zero-order valence-corrected chi connectivity index (χ0v) is 15.8. The summed E-state index contributed by atoms with van der Waals surface area (Å²) in [5, 5.41) is 0. The molecule has 2 aliphatic heterocycles. The Morgan fingerprint density at radius 1 is 1.08 bits per heavy atom. The minimum Gasteiger partial charge on any atom is -0.356 e. The van der Waals surface area contributed by atoms with Crippen LogP contribution in [0, 0.1) is 11.8 Å². The maximum Gasteiger partial charge on any atom is 0.255 e. The number of carbonyl (C=O) groups is 1. The van der Waals surface area contributed by atoms with E-state index in [0.717, 1.165) is 47.5 Å². The lowest BCUT2D eigenvalue weighted by molar-refractivity contribution is 0.0782. The normalized spacial score (nSPS) is 22.2. The SMILES string of the molecule is O=C(c1cc2ccccn2c1)N1CC2CN(c3ccc(Br)cn3)CC2C1. The number of rotatable bonds is 2. The van der Waals surface area contributed by atoms with Crippen LogP contribution in [0.5, 0.6) is 0 Å². The fraction of sp³-hybridized carbons (Fsp3) is 0.300. The molecule has 132 valence electrons. The molecule has 3 aromatic heterocycles. The van der Waals surface area contributed by atoms with Gasteiger partial charge >= 0.3 is 0 Å². The van der Waals surface area contributed by atoms with E-state index in [1.807, 2.05) is 58.2 Å². The van der Waals surface area contributed by atoms with E-state index >= 15 is 0 Å². The van der Waals surface area contributed by atoms with E-state index in [0.29, 0.717) is 11.8 Å². The third-order valence-corrected chi connectivity index (χ3v) is 6.03. The number of halogens is 1. The van der Waals surface area contributed by atoms with Gasteiger partial charge in [0.05, 0.1) is 5.56 Å². The predicted octanol–water partition coefficient (Wildman–Crippen LogP) is 3.31. The lowest BCUT2D eigenvalue weighted by Crippen LogP contribution is -2.33. The van der Waals surface area contributed by atoms with Gasteiger partial charge in [0.25, 0.3) is 5.91 Å². The van der Waals surface area contributed by atoms with Crippen molar-refractivity contribution in [3.05, 3.63) is 65.0 Å². The number of pyridine rings is 2. The van der Waals surface area contributed by atoms with Crippen molar-refractivity contribution in [2.24, 2.45) is 11.8 Å². The van der Waals surface area contributed by atoms with Gasteiger partial charge in [-0.05, 0) is 46.3 Å². The van der Waals surface area contributed by atoms with Gasteiger partial charge < -0.3 is 14.2 Å². The molecule has 5 heterocycles. The Kier molecular flexibility index (Phi) is 3.74. The third kappa shape index (κ3) is 2.69. The third-order valence-electron chi connectivity index (χ3n) is 5.56. The van der Waals surface area contributed by atoms with Gasteiger partial charge in [-0.2, -0.15) is 0 Å². The van der Waals surface area contributed by atoms with Gasteiger partial charge in [0.1, 0.15) is 5.82 Å². The Bertz CT molecular complexity index is 920. The van der Waals surface area contributed by atoms with Gasteiger partial charge in [-0.25, -0.2) is 4.98 Å². The highest BCUT2D eigenvalue weighted by Gasteiger charge is 2.42. The standard InChI is InChI=1S/C20H19BrN4O/c21-17-4-5-19(22-8-17)24-10-15-12-25(13-16(15)11-24)20(26)14-7-18-3-1-2-6-23(18)9-14/h1-9,15-16H,10-13H2. The second-order valence-corrected chi connectivity index (χ2v) is 8.15. The summed E-state index contributed by atoms with van der Waals surface area (Å²) >= 11 is 3.43. The molecule has 0 spiro atoms. The second kappa shape index (κ2) is 6.13. The number of fused-ring (bicyclic) bond motifs is 2. The lowest BCUT2D eigenvalue weighted by atomic mass is 10.0. The molecule has 0 saturated carbocycles. The van der Waals surface area contributed by atoms with Gasteiger partial charge in [0, 0.05) is 66.6 Å². The summed E-state index contributed by atoms with van der Waals surface area (Å²) in [4.78, 5) is 21.8. The van der Waals surface area contributed by atoms with Crippen molar-refractivity contribution in [2.75, 3.05) is 31.1 Å². The van der Waals surface area contributed by atoms with Crippen LogP contribution in [-0.4, -0.2) is 46.4 Å². The second-order valence-electron chi connectivity index (χ2n) is 7.23. The highest BCUT2D eigenvalue weighted by molar-refractivity contribution is 9.10. The summed E-state index contributed by atoms with van der Waals surface area (Å²) in [5.74, 6) is 2.23. The number of aromatic nitrogens is 2. The van der Waals surface area contributed by atoms with E-state index < -0.39 is 0 Å². The molecule has 2 aliphatic rings. The predicted molar refractivity (Wildman–Crippen MR) is 104 cm³/mol. The fourth-order valence-corrected chi connectivity index (χ4v) is 4.49.